The van der Waals surface area contributed by atoms with Crippen LogP contribution in [0.5, 0.6) is 11.5 Å². The van der Waals surface area contributed by atoms with Crippen molar-refractivity contribution in [2.24, 2.45) is 5.41 Å². The largest absolute Gasteiger partial charge is 0.454 e. The molecule has 2 aliphatic heterocycles. The van der Waals surface area contributed by atoms with Crippen LogP contribution < -0.4 is 14.8 Å². The van der Waals surface area contributed by atoms with Crippen LogP contribution in [0.2, 0.25) is 0 Å². The van der Waals surface area contributed by atoms with Crippen LogP contribution in [0, 0.1) is 5.41 Å². The highest BCUT2D eigenvalue weighted by Gasteiger charge is 2.30. The van der Waals surface area contributed by atoms with Crippen LogP contribution in [0.15, 0.2) is 29.3 Å². The molecule has 1 aromatic carbocycles. The summed E-state index contributed by atoms with van der Waals surface area (Å²) in [6, 6.07) is 5.45. The molecule has 7 nitrogen and oxygen atoms in total. The average molecular weight is 390 g/mol. The van der Waals surface area contributed by atoms with Gasteiger partial charge in [-0.2, -0.15) is 0 Å². The van der Waals surface area contributed by atoms with Crippen molar-refractivity contribution in [2.45, 2.75) is 27.3 Å². The van der Waals surface area contributed by atoms with Crippen LogP contribution in [-0.2, 0) is 20.9 Å². The second-order valence-electron chi connectivity index (χ2n) is 7.33. The molecule has 1 saturated heterocycles. The fraction of sp³-hybridized carbons (Fsp3) is 0.421. The van der Waals surface area contributed by atoms with Gasteiger partial charge < -0.3 is 14.8 Å². The zero-order chi connectivity index (χ0) is 19.6. The maximum absolute atomic E-state index is 12.3. The van der Waals surface area contributed by atoms with Crippen LogP contribution in [-0.4, -0.2) is 41.6 Å². The maximum Gasteiger partial charge on any atom is 0.240 e. The molecule has 0 unspecified atom stereocenters. The summed E-state index contributed by atoms with van der Waals surface area (Å²) >= 11 is 1.28. The molecule has 0 atom stereocenters. The van der Waals surface area contributed by atoms with Gasteiger partial charge in [0.25, 0.3) is 0 Å². The molecule has 8 heteroatoms. The molecule has 0 saturated carbocycles. The van der Waals surface area contributed by atoms with E-state index in [4.69, 9.17) is 9.47 Å². The van der Waals surface area contributed by atoms with Crippen LogP contribution in [0.1, 0.15) is 26.3 Å². The minimum atomic E-state index is -0.535. The van der Waals surface area contributed by atoms with Gasteiger partial charge in [0.2, 0.25) is 18.6 Å². The van der Waals surface area contributed by atoms with Crippen molar-refractivity contribution < 1.29 is 23.9 Å². The predicted molar refractivity (Wildman–Crippen MR) is 101 cm³/mol. The molecule has 144 valence electrons. The minimum Gasteiger partial charge on any atom is -0.454 e. The van der Waals surface area contributed by atoms with Gasteiger partial charge >= 0.3 is 0 Å². The normalized spacial score (nSPS) is 17.5. The molecule has 1 N–H and O–H groups in total. The number of thioether (sulfide) groups is 1. The van der Waals surface area contributed by atoms with Crippen LogP contribution >= 0.6 is 11.8 Å². The minimum absolute atomic E-state index is 0.0783. The zero-order valence-electron chi connectivity index (χ0n) is 15.5. The molecule has 2 amide bonds. The number of amides is 2. The fourth-order valence-corrected chi connectivity index (χ4v) is 3.42. The van der Waals surface area contributed by atoms with Gasteiger partial charge in [-0.25, -0.2) is 0 Å². The molecule has 0 radical (unpaired) electrons. The molecule has 27 heavy (non-hydrogen) atoms. The first-order chi connectivity index (χ1) is 12.7. The second kappa shape index (κ2) is 7.64. The second-order valence-corrected chi connectivity index (χ2v) is 8.33. The lowest BCUT2D eigenvalue weighted by Crippen LogP contribution is -2.37. The van der Waals surface area contributed by atoms with E-state index in [-0.39, 0.29) is 36.7 Å². The van der Waals surface area contributed by atoms with E-state index >= 15 is 0 Å². The lowest BCUT2D eigenvalue weighted by molar-refractivity contribution is -0.131. The van der Waals surface area contributed by atoms with E-state index in [1.54, 1.807) is 6.07 Å². The Morgan fingerprint density at radius 2 is 2.00 bits per heavy atom. The summed E-state index contributed by atoms with van der Waals surface area (Å²) in [7, 11) is 0. The summed E-state index contributed by atoms with van der Waals surface area (Å²) in [5.41, 5.74) is 0.334. The molecule has 0 bridgehead atoms. The number of nitrogens with zero attached hydrogens (tertiary/aromatic N) is 1. The lowest BCUT2D eigenvalue weighted by Gasteiger charge is -2.19. The van der Waals surface area contributed by atoms with E-state index in [9.17, 15) is 14.4 Å². The van der Waals surface area contributed by atoms with Gasteiger partial charge in [0, 0.05) is 18.0 Å². The summed E-state index contributed by atoms with van der Waals surface area (Å²) in [6.07, 6.45) is 1.46. The van der Waals surface area contributed by atoms with Gasteiger partial charge in [-0.05, 0) is 17.7 Å². The fourth-order valence-electron chi connectivity index (χ4n) is 2.48. The summed E-state index contributed by atoms with van der Waals surface area (Å²) in [4.78, 5) is 38.0. The number of nitrogens with one attached hydrogen (secondary N) is 1. The monoisotopic (exact) mass is 390 g/mol. The smallest absolute Gasteiger partial charge is 0.240 e. The van der Waals surface area contributed by atoms with E-state index in [1.807, 2.05) is 32.9 Å². The first kappa shape index (κ1) is 19.3. The van der Waals surface area contributed by atoms with E-state index < -0.39 is 5.41 Å². The number of carbonyl (C=O) groups is 3. The number of ketones is 1. The molecule has 1 aromatic rings. The Hall–Kier alpha value is -2.48. The third kappa shape index (κ3) is 4.63. The first-order valence-corrected chi connectivity index (χ1v) is 9.57. The van der Waals surface area contributed by atoms with Crippen LogP contribution in [0.4, 0.5) is 0 Å². The first-order valence-electron chi connectivity index (χ1n) is 8.58. The third-order valence-corrected chi connectivity index (χ3v) is 5.16. The number of benzene rings is 1. The Morgan fingerprint density at radius 1 is 1.26 bits per heavy atom. The van der Waals surface area contributed by atoms with Crippen LogP contribution in [0.25, 0.3) is 0 Å². The number of carbonyl (C=O) groups excluding carboxylic acids is 3. The summed E-state index contributed by atoms with van der Waals surface area (Å²) in [6.45, 7) is 5.84. The van der Waals surface area contributed by atoms with Crippen molar-refractivity contribution in [3.8, 4) is 11.5 Å². The Morgan fingerprint density at radius 3 is 2.74 bits per heavy atom. The summed E-state index contributed by atoms with van der Waals surface area (Å²) in [5, 5.41) is 3.32. The van der Waals surface area contributed by atoms with Gasteiger partial charge in [-0.1, -0.05) is 38.6 Å². The number of hydrogen-bond donors (Lipinski definition) is 1. The van der Waals surface area contributed by atoms with Crippen molar-refractivity contribution in [2.75, 3.05) is 19.1 Å². The number of rotatable bonds is 5. The van der Waals surface area contributed by atoms with Gasteiger partial charge in [-0.3, -0.25) is 19.3 Å². The van der Waals surface area contributed by atoms with Crippen molar-refractivity contribution in [3.63, 3.8) is 0 Å². The van der Waals surface area contributed by atoms with Crippen molar-refractivity contribution in [1.29, 1.82) is 0 Å². The Bertz CT molecular complexity index is 813. The van der Waals surface area contributed by atoms with Gasteiger partial charge in [0.1, 0.15) is 6.54 Å². The molecule has 2 heterocycles. The Balaban J connectivity index is 1.59. The maximum atomic E-state index is 12.3. The third-order valence-electron chi connectivity index (χ3n) is 4.13. The zero-order valence-corrected chi connectivity index (χ0v) is 16.4. The average Bonchev–Trinajstić information content (AvgIpc) is 3.20. The van der Waals surface area contributed by atoms with Gasteiger partial charge in [0.05, 0.1) is 10.8 Å². The quantitative estimate of drug-likeness (QED) is 0.775. The standard InChI is InChI=1S/C19H22N2O5S/c1-19(2,3)15(22)7-18-21(17(24)10-27-18)9-16(23)20-8-12-4-5-13-14(6-12)26-11-25-13/h4-7H,8-11H2,1-3H3,(H,20,23)/b18-7-. The number of allylic oxidation sites excluding steroid dienone is 1. The van der Waals surface area contributed by atoms with E-state index in [2.05, 4.69) is 5.32 Å². The highest BCUT2D eigenvalue weighted by molar-refractivity contribution is 8.04. The topological polar surface area (TPSA) is 84.9 Å². The highest BCUT2D eigenvalue weighted by atomic mass is 32.2. The number of hydrogen-bond acceptors (Lipinski definition) is 6. The lowest BCUT2D eigenvalue weighted by atomic mass is 9.91. The molecule has 2 aliphatic rings. The Labute approximate surface area is 162 Å². The van der Waals surface area contributed by atoms with Crippen LogP contribution in [0.3, 0.4) is 0 Å². The molecule has 0 aliphatic carbocycles. The predicted octanol–water partition coefficient (Wildman–Crippen LogP) is 2.06. The number of fused-ring (bicyclic) bond motifs is 1. The molecular weight excluding hydrogens is 368 g/mol. The summed E-state index contributed by atoms with van der Waals surface area (Å²) in [5.74, 6) is 1.02. The SMILES string of the molecule is CC(C)(C)C(=O)/C=C1\SCC(=O)N1CC(=O)NCc1ccc2c(c1)OCO2. The van der Waals surface area contributed by atoms with E-state index in [0.29, 0.717) is 23.1 Å². The Kier molecular flexibility index (Phi) is 5.46. The summed E-state index contributed by atoms with van der Waals surface area (Å²) < 4.78 is 10.6. The van der Waals surface area contributed by atoms with E-state index in [1.165, 1.54) is 22.7 Å². The molecule has 0 aromatic heterocycles. The van der Waals surface area contributed by atoms with Gasteiger partial charge in [-0.15, -0.1) is 0 Å². The molecule has 1 fully saturated rings. The molecule has 0 spiro atoms. The van der Waals surface area contributed by atoms with Crippen molar-refractivity contribution in [3.05, 3.63) is 34.9 Å². The van der Waals surface area contributed by atoms with Crippen molar-refractivity contribution >= 4 is 29.4 Å². The van der Waals surface area contributed by atoms with Gasteiger partial charge in [0.15, 0.2) is 17.3 Å². The van der Waals surface area contributed by atoms with Crippen molar-refractivity contribution in [1.82, 2.24) is 10.2 Å². The van der Waals surface area contributed by atoms with E-state index in [0.717, 1.165) is 5.56 Å². The number of ether oxygens (including phenoxy) is 2. The molecular formula is C19H22N2O5S. The molecule has 3 rings (SSSR count). The highest BCUT2D eigenvalue weighted by Crippen LogP contribution is 2.32.